The zero-order valence-corrected chi connectivity index (χ0v) is 44.1. The second-order valence-electron chi connectivity index (χ2n) is 17.2. The maximum Gasteiger partial charge on any atom is 0.410 e. The summed E-state index contributed by atoms with van der Waals surface area (Å²) < 4.78 is 24.2. The van der Waals surface area contributed by atoms with Gasteiger partial charge in [-0.05, 0) is 62.1 Å². The number of urea groups is 2. The van der Waals surface area contributed by atoms with Gasteiger partial charge in [0.05, 0.1) is 64.1 Å². The number of ether oxygens (including phenoxy) is 4. The SMILES string of the molecule is C=CCOC(=O)N1CCN(C(=O)N2CCOCC2)CC1c1cc(CCc2ccc(Cl)s2)[nH]n1.C=CCOC(=O)N1CCN(C(=O)N2CCOCC2)CC1c1cc(CCc2ccc(Cl)s2)n(C(=O)c2cscn2)n1. The number of aromatic nitrogens is 5. The Morgan fingerprint density at radius 3 is 1.71 bits per heavy atom. The maximum absolute atomic E-state index is 13.4. The molecule has 9 rings (SSSR count). The smallest absolute Gasteiger partial charge is 0.410 e. The number of thiophene rings is 2. The minimum absolute atomic E-state index is 0.0345. The number of halogens is 2. The molecule has 4 fully saturated rings. The van der Waals surface area contributed by atoms with Crippen LogP contribution in [-0.4, -0.2) is 190 Å². The van der Waals surface area contributed by atoms with Crippen molar-refractivity contribution in [2.75, 3.05) is 105 Å². The Morgan fingerprint density at radius 2 is 1.22 bits per heavy atom. The van der Waals surface area contributed by atoms with Crippen molar-refractivity contribution in [2.24, 2.45) is 0 Å². The lowest BCUT2D eigenvalue weighted by atomic mass is 10.1. The summed E-state index contributed by atoms with van der Waals surface area (Å²) in [4.78, 5) is 82.3. The average Bonchev–Trinajstić information content (AvgIpc) is 4.31. The molecule has 20 nitrogen and oxygen atoms in total. The van der Waals surface area contributed by atoms with Gasteiger partial charge in [-0.2, -0.15) is 14.9 Å². The van der Waals surface area contributed by atoms with Crippen molar-refractivity contribution in [2.45, 2.75) is 37.8 Å². The van der Waals surface area contributed by atoms with Gasteiger partial charge < -0.3 is 38.5 Å². The van der Waals surface area contributed by atoms with E-state index in [1.807, 2.05) is 36.4 Å². The first kappa shape index (κ1) is 53.5. The number of amides is 6. The summed E-state index contributed by atoms with van der Waals surface area (Å²) in [7, 11) is 0. The molecular weight excluding hydrogens is 1040 g/mol. The summed E-state index contributed by atoms with van der Waals surface area (Å²) >= 11 is 16.5. The van der Waals surface area contributed by atoms with E-state index >= 15 is 0 Å². The van der Waals surface area contributed by atoms with Crippen LogP contribution in [0.15, 0.2) is 72.6 Å². The third-order valence-electron chi connectivity index (χ3n) is 12.5. The summed E-state index contributed by atoms with van der Waals surface area (Å²) in [6.07, 6.45) is 4.86. The summed E-state index contributed by atoms with van der Waals surface area (Å²) in [5.41, 5.74) is 4.73. The first-order chi connectivity index (χ1) is 35.5. The molecule has 73 heavy (non-hydrogen) atoms. The largest absolute Gasteiger partial charge is 0.445 e. The molecule has 4 aliphatic rings. The molecule has 4 aliphatic heterocycles. The average molecular weight is 1100 g/mol. The van der Waals surface area contributed by atoms with Crippen LogP contribution in [0.4, 0.5) is 19.2 Å². The Bertz CT molecular complexity index is 2680. The molecule has 1 N–H and O–H groups in total. The Balaban J connectivity index is 0.000000199. The number of nitrogens with one attached hydrogen (secondary N) is 1. The highest BCUT2D eigenvalue weighted by atomic mass is 35.5. The molecule has 0 saturated carbocycles. The van der Waals surface area contributed by atoms with Crippen molar-refractivity contribution in [3.05, 3.63) is 119 Å². The second-order valence-corrected chi connectivity index (χ2v) is 21.5. The van der Waals surface area contributed by atoms with Gasteiger partial charge in [0.2, 0.25) is 0 Å². The normalized spacial score (nSPS) is 18.2. The van der Waals surface area contributed by atoms with Gasteiger partial charge in [-0.3, -0.25) is 19.7 Å². The van der Waals surface area contributed by atoms with E-state index in [9.17, 15) is 24.0 Å². The topological polar surface area (TPSA) is 201 Å². The van der Waals surface area contributed by atoms with Gasteiger partial charge in [0.1, 0.15) is 18.9 Å². The number of hydrogen-bond donors (Lipinski definition) is 1. The lowest BCUT2D eigenvalue weighted by Crippen LogP contribution is -2.56. The molecule has 2 unspecified atom stereocenters. The zero-order valence-electron chi connectivity index (χ0n) is 40.1. The zero-order chi connectivity index (χ0) is 51.3. The van der Waals surface area contributed by atoms with Crippen molar-refractivity contribution < 1.29 is 42.9 Å². The fourth-order valence-corrected chi connectivity index (χ4v) is 11.4. The number of piperazine rings is 2. The first-order valence-electron chi connectivity index (χ1n) is 23.9. The molecule has 9 heterocycles. The third-order valence-corrected chi connectivity index (χ3v) is 15.7. The van der Waals surface area contributed by atoms with E-state index in [0.717, 1.165) is 27.7 Å². The molecule has 6 amide bonds. The monoisotopic (exact) mass is 1100 g/mol. The number of hydrogen-bond acceptors (Lipinski definition) is 15. The fourth-order valence-electron chi connectivity index (χ4n) is 8.74. The summed E-state index contributed by atoms with van der Waals surface area (Å²) in [6.45, 7) is 13.6. The van der Waals surface area contributed by atoms with Crippen molar-refractivity contribution in [1.29, 1.82) is 0 Å². The van der Waals surface area contributed by atoms with E-state index in [1.54, 1.807) is 51.6 Å². The maximum atomic E-state index is 13.4. The van der Waals surface area contributed by atoms with E-state index in [4.69, 9.17) is 47.2 Å². The Labute approximate surface area is 444 Å². The molecule has 0 bridgehead atoms. The van der Waals surface area contributed by atoms with Crippen molar-refractivity contribution >= 4 is 87.4 Å². The van der Waals surface area contributed by atoms with Crippen LogP contribution in [0.2, 0.25) is 8.67 Å². The van der Waals surface area contributed by atoms with E-state index in [2.05, 4.69) is 28.3 Å². The van der Waals surface area contributed by atoms with Gasteiger partial charge in [-0.1, -0.05) is 48.5 Å². The quantitative estimate of drug-likeness (QED) is 0.116. The van der Waals surface area contributed by atoms with Crippen molar-refractivity contribution in [3.8, 4) is 0 Å². The van der Waals surface area contributed by atoms with Crippen LogP contribution in [0, 0.1) is 0 Å². The molecule has 5 aromatic rings. The summed E-state index contributed by atoms with van der Waals surface area (Å²) in [5, 5.41) is 13.9. The van der Waals surface area contributed by atoms with Crippen molar-refractivity contribution in [1.82, 2.24) is 54.4 Å². The molecule has 0 aliphatic carbocycles. The van der Waals surface area contributed by atoms with Crippen LogP contribution < -0.4 is 0 Å². The predicted molar refractivity (Wildman–Crippen MR) is 277 cm³/mol. The van der Waals surface area contributed by atoms with Gasteiger partial charge in [-0.25, -0.2) is 24.2 Å². The van der Waals surface area contributed by atoms with Crippen molar-refractivity contribution in [3.63, 3.8) is 0 Å². The van der Waals surface area contributed by atoms with Gasteiger partial charge in [0.25, 0.3) is 5.91 Å². The number of morpholine rings is 2. The summed E-state index contributed by atoms with van der Waals surface area (Å²) in [6, 6.07) is 10.4. The molecule has 0 spiro atoms. The fraction of sp³-hybridized carbons (Fsp3) is 0.458. The number of nitrogens with zero attached hydrogens (tertiary/aromatic N) is 10. The molecular formula is C48H57Cl2N11O9S3. The lowest BCUT2D eigenvalue weighted by molar-refractivity contribution is 0.0264. The first-order valence-corrected chi connectivity index (χ1v) is 27.2. The van der Waals surface area contributed by atoms with Crippen LogP contribution >= 0.6 is 57.2 Å². The van der Waals surface area contributed by atoms with E-state index in [1.165, 1.54) is 44.4 Å². The van der Waals surface area contributed by atoms with Crippen LogP contribution in [0.25, 0.3) is 0 Å². The van der Waals surface area contributed by atoms with Crippen LogP contribution in [-0.2, 0) is 44.6 Å². The Hall–Kier alpha value is -5.82. The molecule has 0 radical (unpaired) electrons. The number of aromatic amines is 1. The second kappa shape index (κ2) is 25.9. The molecule has 4 saturated heterocycles. The number of carbonyl (C=O) groups is 5. The molecule has 5 aromatic heterocycles. The number of aryl methyl sites for hydroxylation is 4. The number of carbonyl (C=O) groups excluding carboxylic acids is 5. The minimum Gasteiger partial charge on any atom is -0.445 e. The lowest BCUT2D eigenvalue weighted by Gasteiger charge is -2.42. The van der Waals surface area contributed by atoms with E-state index in [-0.39, 0.29) is 50.0 Å². The van der Waals surface area contributed by atoms with Gasteiger partial charge in [0, 0.05) is 92.0 Å². The molecule has 2 atom stereocenters. The highest BCUT2D eigenvalue weighted by Crippen LogP contribution is 2.31. The van der Waals surface area contributed by atoms with Crippen LogP contribution in [0.3, 0.4) is 0 Å². The number of H-pyrrole nitrogens is 1. The van der Waals surface area contributed by atoms with Gasteiger partial charge in [0.15, 0.2) is 0 Å². The van der Waals surface area contributed by atoms with E-state index in [0.29, 0.717) is 113 Å². The van der Waals surface area contributed by atoms with Crippen LogP contribution in [0.1, 0.15) is 55.1 Å². The van der Waals surface area contributed by atoms with E-state index < -0.39 is 24.3 Å². The van der Waals surface area contributed by atoms with Gasteiger partial charge in [-0.15, -0.1) is 34.0 Å². The molecule has 0 aromatic carbocycles. The van der Waals surface area contributed by atoms with Gasteiger partial charge >= 0.3 is 24.2 Å². The highest BCUT2D eigenvalue weighted by molar-refractivity contribution is 7.16. The standard InChI is InChI=1S/C26H29ClN6O5S2.C22H28ClN5O4S/c1-2-11-38-26(36)32-8-7-31(25(35)30-9-12-37-13-10-30)15-22(32)20-14-18(3-4-19-5-6-23(27)40-19)33(29-20)24(34)21-16-39-17-28-21;1-2-11-32-22(30)28-8-7-27(21(29)26-9-12-31-13-10-26)15-19(28)18-14-16(24-25-18)3-4-17-5-6-20(23)33-17/h2,5-6,14,16-17,22H,1,3-4,7-13,15H2;2,5-6,14,19H,1,3-4,7-13,15H2,(H,24,25). The summed E-state index contributed by atoms with van der Waals surface area (Å²) in [5.74, 6) is -0.357. The number of rotatable bonds is 13. The Kier molecular flexibility index (Phi) is 19.0. The highest BCUT2D eigenvalue weighted by Gasteiger charge is 2.39. The molecule has 390 valence electrons. The molecule has 25 heteroatoms. The third kappa shape index (κ3) is 13.9. The minimum atomic E-state index is -0.615. The van der Waals surface area contributed by atoms with Crippen LogP contribution in [0.5, 0.6) is 0 Å². The number of thiazole rings is 1. The predicted octanol–water partition coefficient (Wildman–Crippen LogP) is 7.31. The Morgan fingerprint density at radius 1 is 0.685 bits per heavy atom.